The van der Waals surface area contributed by atoms with Gasteiger partial charge in [-0.15, -0.1) is 0 Å². The van der Waals surface area contributed by atoms with Gasteiger partial charge in [0.05, 0.1) is 6.61 Å². The molecule has 0 saturated carbocycles. The quantitative estimate of drug-likeness (QED) is 0.814. The number of fused-ring (bicyclic) bond motifs is 1. The lowest BCUT2D eigenvalue weighted by molar-refractivity contribution is 0.166. The molecule has 0 aromatic heterocycles. The van der Waals surface area contributed by atoms with Gasteiger partial charge in [0.25, 0.3) is 0 Å². The number of hydrogen-bond donors (Lipinski definition) is 1. The van der Waals surface area contributed by atoms with Crippen molar-refractivity contribution in [3.05, 3.63) is 35.4 Å². The van der Waals surface area contributed by atoms with Crippen molar-refractivity contribution in [1.29, 1.82) is 0 Å². The first-order chi connectivity index (χ1) is 7.31. The minimum atomic E-state index is 0.422. The smallest absolute Gasteiger partial charge is 0.0613 e. The van der Waals surface area contributed by atoms with Crippen LogP contribution >= 0.6 is 0 Å². The van der Waals surface area contributed by atoms with Gasteiger partial charge in [-0.2, -0.15) is 0 Å². The Morgan fingerprint density at radius 1 is 1.47 bits per heavy atom. The largest absolute Gasteiger partial charge is 0.383 e. The van der Waals surface area contributed by atoms with Gasteiger partial charge in [0.1, 0.15) is 0 Å². The molecule has 1 aliphatic rings. The summed E-state index contributed by atoms with van der Waals surface area (Å²) in [7, 11) is 1.75. The molecule has 0 unspecified atom stereocenters. The average molecular weight is 205 g/mol. The summed E-state index contributed by atoms with van der Waals surface area (Å²) >= 11 is 0. The lowest BCUT2D eigenvalue weighted by Crippen LogP contribution is -2.32. The van der Waals surface area contributed by atoms with Crippen LogP contribution in [0.15, 0.2) is 24.3 Å². The van der Waals surface area contributed by atoms with Crippen LogP contribution < -0.4 is 5.32 Å². The Morgan fingerprint density at radius 3 is 3.07 bits per heavy atom. The molecule has 0 bridgehead atoms. The number of ether oxygens (including phenoxy) is 1. The molecule has 2 atom stereocenters. The van der Waals surface area contributed by atoms with Gasteiger partial charge in [0.2, 0.25) is 0 Å². The summed E-state index contributed by atoms with van der Waals surface area (Å²) < 4.78 is 5.14. The van der Waals surface area contributed by atoms with Crippen molar-refractivity contribution in [2.45, 2.75) is 31.8 Å². The molecule has 2 heteroatoms. The van der Waals surface area contributed by atoms with E-state index in [0.29, 0.717) is 12.1 Å². The highest BCUT2D eigenvalue weighted by Crippen LogP contribution is 2.30. The van der Waals surface area contributed by atoms with Gasteiger partial charge >= 0.3 is 0 Å². The Bertz CT molecular complexity index is 324. The molecule has 1 aromatic carbocycles. The SMILES string of the molecule is COC[C@@H](C)N[C@@H]1CCc2ccccc21. The van der Waals surface area contributed by atoms with E-state index in [1.165, 1.54) is 24.0 Å². The third-order valence-electron chi connectivity index (χ3n) is 3.04. The molecule has 2 nitrogen and oxygen atoms in total. The summed E-state index contributed by atoms with van der Waals surface area (Å²) in [4.78, 5) is 0. The lowest BCUT2D eigenvalue weighted by Gasteiger charge is -2.19. The first-order valence-electron chi connectivity index (χ1n) is 5.64. The van der Waals surface area contributed by atoms with Crippen molar-refractivity contribution in [3.8, 4) is 0 Å². The molecular formula is C13H19NO. The van der Waals surface area contributed by atoms with Crippen molar-refractivity contribution in [1.82, 2.24) is 5.32 Å². The Hall–Kier alpha value is -0.860. The zero-order valence-corrected chi connectivity index (χ0v) is 9.49. The van der Waals surface area contributed by atoms with E-state index in [0.717, 1.165) is 6.61 Å². The standard InChI is InChI=1S/C13H19NO/c1-10(9-15-2)14-13-8-7-11-5-3-4-6-12(11)13/h3-6,10,13-14H,7-9H2,1-2H3/t10-,13-/m1/s1. The molecule has 0 fully saturated rings. The third-order valence-corrected chi connectivity index (χ3v) is 3.04. The van der Waals surface area contributed by atoms with Gasteiger partial charge in [0, 0.05) is 19.2 Å². The highest BCUT2D eigenvalue weighted by atomic mass is 16.5. The molecule has 0 radical (unpaired) electrons. The van der Waals surface area contributed by atoms with Crippen molar-refractivity contribution >= 4 is 0 Å². The molecule has 1 aromatic rings. The van der Waals surface area contributed by atoms with E-state index < -0.39 is 0 Å². The van der Waals surface area contributed by atoms with Crippen LogP contribution in [-0.2, 0) is 11.2 Å². The second-order valence-corrected chi connectivity index (χ2v) is 4.31. The van der Waals surface area contributed by atoms with Gasteiger partial charge in [-0.25, -0.2) is 0 Å². The molecule has 0 saturated heterocycles. The Balaban J connectivity index is 2.01. The number of rotatable bonds is 4. The minimum Gasteiger partial charge on any atom is -0.383 e. The maximum absolute atomic E-state index is 5.14. The van der Waals surface area contributed by atoms with Crippen LogP contribution in [0.1, 0.15) is 30.5 Å². The van der Waals surface area contributed by atoms with E-state index in [2.05, 4.69) is 36.5 Å². The molecule has 82 valence electrons. The number of aryl methyl sites for hydroxylation is 1. The van der Waals surface area contributed by atoms with Crippen LogP contribution in [0.4, 0.5) is 0 Å². The topological polar surface area (TPSA) is 21.3 Å². The summed E-state index contributed by atoms with van der Waals surface area (Å²) in [6, 6.07) is 9.66. The summed E-state index contributed by atoms with van der Waals surface area (Å²) in [5.74, 6) is 0. The highest BCUT2D eigenvalue weighted by Gasteiger charge is 2.22. The van der Waals surface area contributed by atoms with Gasteiger partial charge in [-0.1, -0.05) is 24.3 Å². The Morgan fingerprint density at radius 2 is 2.27 bits per heavy atom. The van der Waals surface area contributed by atoms with Gasteiger partial charge in [0.15, 0.2) is 0 Å². The first kappa shape index (κ1) is 10.7. The van der Waals surface area contributed by atoms with E-state index in [4.69, 9.17) is 4.74 Å². The fourth-order valence-corrected chi connectivity index (χ4v) is 2.37. The van der Waals surface area contributed by atoms with Crippen molar-refractivity contribution < 1.29 is 4.74 Å². The molecule has 15 heavy (non-hydrogen) atoms. The first-order valence-corrected chi connectivity index (χ1v) is 5.64. The van der Waals surface area contributed by atoms with E-state index in [9.17, 15) is 0 Å². The van der Waals surface area contributed by atoms with Crippen LogP contribution in [0.3, 0.4) is 0 Å². The molecule has 1 aliphatic carbocycles. The van der Waals surface area contributed by atoms with Crippen LogP contribution in [0, 0.1) is 0 Å². The average Bonchev–Trinajstić information content (AvgIpc) is 2.62. The zero-order chi connectivity index (χ0) is 10.7. The maximum atomic E-state index is 5.14. The van der Waals surface area contributed by atoms with Crippen LogP contribution in [0.5, 0.6) is 0 Å². The number of methoxy groups -OCH3 is 1. The number of benzene rings is 1. The number of hydrogen-bond acceptors (Lipinski definition) is 2. The summed E-state index contributed by atoms with van der Waals surface area (Å²) in [6.45, 7) is 2.95. The van der Waals surface area contributed by atoms with Crippen LogP contribution in [0.25, 0.3) is 0 Å². The van der Waals surface area contributed by atoms with E-state index >= 15 is 0 Å². The second-order valence-electron chi connectivity index (χ2n) is 4.31. The number of nitrogens with one attached hydrogen (secondary N) is 1. The molecule has 0 spiro atoms. The Labute approximate surface area is 91.6 Å². The van der Waals surface area contributed by atoms with Gasteiger partial charge in [-0.05, 0) is 30.9 Å². The molecular weight excluding hydrogens is 186 g/mol. The van der Waals surface area contributed by atoms with Gasteiger partial charge in [-0.3, -0.25) is 0 Å². The van der Waals surface area contributed by atoms with Crippen molar-refractivity contribution in [2.75, 3.05) is 13.7 Å². The zero-order valence-electron chi connectivity index (χ0n) is 9.49. The Kier molecular flexibility index (Phi) is 3.39. The molecule has 0 aliphatic heterocycles. The lowest BCUT2D eigenvalue weighted by atomic mass is 10.1. The maximum Gasteiger partial charge on any atom is 0.0613 e. The van der Waals surface area contributed by atoms with Crippen molar-refractivity contribution in [3.63, 3.8) is 0 Å². The summed E-state index contributed by atoms with van der Waals surface area (Å²) in [5.41, 5.74) is 2.97. The predicted molar refractivity (Wildman–Crippen MR) is 62.0 cm³/mol. The summed E-state index contributed by atoms with van der Waals surface area (Å²) in [5, 5.41) is 3.61. The minimum absolute atomic E-state index is 0.422. The molecule has 0 heterocycles. The van der Waals surface area contributed by atoms with Crippen LogP contribution in [-0.4, -0.2) is 19.8 Å². The monoisotopic (exact) mass is 205 g/mol. The van der Waals surface area contributed by atoms with Crippen LogP contribution in [0.2, 0.25) is 0 Å². The summed E-state index contributed by atoms with van der Waals surface area (Å²) in [6.07, 6.45) is 2.42. The normalized spacial score (nSPS) is 21.3. The highest BCUT2D eigenvalue weighted by molar-refractivity contribution is 5.34. The third kappa shape index (κ3) is 2.39. The predicted octanol–water partition coefficient (Wildman–Crippen LogP) is 2.30. The molecule has 0 amide bonds. The fraction of sp³-hybridized carbons (Fsp3) is 0.538. The van der Waals surface area contributed by atoms with Crippen molar-refractivity contribution in [2.24, 2.45) is 0 Å². The van der Waals surface area contributed by atoms with E-state index in [1.807, 2.05) is 0 Å². The second kappa shape index (κ2) is 4.77. The molecule has 1 N–H and O–H groups in total. The molecule has 2 rings (SSSR count). The van der Waals surface area contributed by atoms with Gasteiger partial charge < -0.3 is 10.1 Å². The fourth-order valence-electron chi connectivity index (χ4n) is 2.37. The van der Waals surface area contributed by atoms with E-state index in [-0.39, 0.29) is 0 Å². The van der Waals surface area contributed by atoms with E-state index in [1.54, 1.807) is 7.11 Å².